The summed E-state index contributed by atoms with van der Waals surface area (Å²) in [5.74, 6) is 0.121. The van der Waals surface area contributed by atoms with Crippen LogP contribution in [-0.4, -0.2) is 34.6 Å². The number of sulfonamides is 1. The van der Waals surface area contributed by atoms with E-state index in [1.165, 1.54) is 17.0 Å². The van der Waals surface area contributed by atoms with Crippen molar-refractivity contribution in [2.24, 2.45) is 0 Å². The molecule has 0 saturated heterocycles. The van der Waals surface area contributed by atoms with E-state index in [2.05, 4.69) is 10.0 Å². The molecule has 7 nitrogen and oxygen atoms in total. The highest BCUT2D eigenvalue weighted by Gasteiger charge is 2.18. The van der Waals surface area contributed by atoms with Crippen LogP contribution in [0.3, 0.4) is 0 Å². The van der Waals surface area contributed by atoms with Crippen molar-refractivity contribution in [3.8, 4) is 5.75 Å². The van der Waals surface area contributed by atoms with Gasteiger partial charge in [0.25, 0.3) is 0 Å². The molecule has 0 saturated carbocycles. The number of carbonyl (C=O) groups excluding carboxylic acids is 1. The van der Waals surface area contributed by atoms with Crippen molar-refractivity contribution in [1.82, 2.24) is 4.72 Å². The molecular formula is C23H23ClFN3O4S. The van der Waals surface area contributed by atoms with Gasteiger partial charge in [0.05, 0.1) is 12.0 Å². The van der Waals surface area contributed by atoms with Crippen molar-refractivity contribution in [2.75, 3.05) is 30.4 Å². The average Bonchev–Trinajstić information content (AvgIpc) is 2.79. The Hall–Kier alpha value is -3.14. The second-order valence-electron chi connectivity index (χ2n) is 7.00. The summed E-state index contributed by atoms with van der Waals surface area (Å²) in [6.45, 7) is 0.307. The van der Waals surface area contributed by atoms with Gasteiger partial charge in [-0.1, -0.05) is 17.7 Å². The van der Waals surface area contributed by atoms with Gasteiger partial charge in [0.1, 0.15) is 11.6 Å². The maximum absolute atomic E-state index is 13.1. The van der Waals surface area contributed by atoms with E-state index in [4.69, 9.17) is 16.3 Å². The third-order valence-corrected chi connectivity index (χ3v) is 6.39. The number of urea groups is 1. The minimum Gasteiger partial charge on any atom is -0.497 e. The lowest BCUT2D eigenvalue weighted by molar-refractivity contribution is 0.257. The predicted molar refractivity (Wildman–Crippen MR) is 127 cm³/mol. The molecule has 0 spiro atoms. The topological polar surface area (TPSA) is 87.7 Å². The van der Waals surface area contributed by atoms with Gasteiger partial charge in [-0.25, -0.2) is 22.3 Å². The number of ether oxygens (including phenoxy) is 1. The highest BCUT2D eigenvalue weighted by atomic mass is 35.5. The molecule has 0 aromatic heterocycles. The van der Waals surface area contributed by atoms with Crippen LogP contribution in [0.5, 0.6) is 5.75 Å². The summed E-state index contributed by atoms with van der Waals surface area (Å²) in [4.78, 5) is 14.4. The molecule has 0 heterocycles. The number of rotatable bonds is 9. The largest absolute Gasteiger partial charge is 0.497 e. The zero-order valence-electron chi connectivity index (χ0n) is 17.8. The van der Waals surface area contributed by atoms with Crippen LogP contribution in [0.15, 0.2) is 77.7 Å². The predicted octanol–water partition coefficient (Wildman–Crippen LogP) is 4.89. The number of methoxy groups -OCH3 is 1. The SMILES string of the molecule is COc1ccc(N(CCCNS(=O)(=O)c2ccc(F)cc2)C(=O)Nc2cccc(Cl)c2)cc1. The summed E-state index contributed by atoms with van der Waals surface area (Å²) in [6, 6.07) is 17.8. The molecule has 0 aliphatic rings. The first-order chi connectivity index (χ1) is 15.8. The van der Waals surface area contributed by atoms with E-state index >= 15 is 0 Å². The second-order valence-corrected chi connectivity index (χ2v) is 9.20. The number of hydrogen-bond donors (Lipinski definition) is 2. The first-order valence-electron chi connectivity index (χ1n) is 10.0. The van der Waals surface area contributed by atoms with Gasteiger partial charge >= 0.3 is 6.03 Å². The van der Waals surface area contributed by atoms with E-state index < -0.39 is 21.9 Å². The molecule has 2 N–H and O–H groups in total. The Balaban J connectivity index is 1.68. The molecule has 3 rings (SSSR count). The zero-order chi connectivity index (χ0) is 23.8. The Morgan fingerprint density at radius 3 is 2.39 bits per heavy atom. The Bertz CT molecular complexity index is 1190. The standard InChI is InChI=1S/C23H23ClFN3O4S/c1-32-21-10-8-20(9-11-21)28(23(29)27-19-5-2-4-17(24)16-19)15-3-14-26-33(30,31)22-12-6-18(25)7-13-22/h2,4-13,16,26H,3,14-15H2,1H3,(H,27,29). The van der Waals surface area contributed by atoms with Crippen LogP contribution in [-0.2, 0) is 10.0 Å². The summed E-state index contributed by atoms with van der Waals surface area (Å²) in [7, 11) is -2.24. The molecule has 0 fully saturated rings. The van der Waals surface area contributed by atoms with Gasteiger partial charge in [-0.2, -0.15) is 0 Å². The molecular weight excluding hydrogens is 469 g/mol. The lowest BCUT2D eigenvalue weighted by Crippen LogP contribution is -2.37. The number of nitrogens with one attached hydrogen (secondary N) is 2. The molecule has 3 aromatic rings. The van der Waals surface area contributed by atoms with Gasteiger partial charge in [-0.15, -0.1) is 0 Å². The zero-order valence-corrected chi connectivity index (χ0v) is 19.4. The van der Waals surface area contributed by atoms with Gasteiger partial charge in [0.2, 0.25) is 10.0 Å². The summed E-state index contributed by atoms with van der Waals surface area (Å²) in [5.41, 5.74) is 1.14. The number of benzene rings is 3. The van der Waals surface area contributed by atoms with Crippen molar-refractivity contribution in [3.63, 3.8) is 0 Å². The third-order valence-electron chi connectivity index (χ3n) is 4.68. The summed E-state index contributed by atoms with van der Waals surface area (Å²) >= 11 is 6.00. The number of carbonyl (C=O) groups is 1. The van der Waals surface area contributed by atoms with Crippen LogP contribution in [0.4, 0.5) is 20.6 Å². The van der Waals surface area contributed by atoms with Gasteiger partial charge in [0.15, 0.2) is 0 Å². The fourth-order valence-corrected chi connectivity index (χ4v) is 4.27. The molecule has 33 heavy (non-hydrogen) atoms. The average molecular weight is 492 g/mol. The molecule has 0 unspecified atom stereocenters. The van der Waals surface area contributed by atoms with E-state index in [1.54, 1.807) is 55.6 Å². The number of nitrogens with zero attached hydrogens (tertiary/aromatic N) is 1. The second kappa shape index (κ2) is 11.1. The molecule has 0 atom stereocenters. The van der Waals surface area contributed by atoms with Crippen LogP contribution < -0.4 is 19.7 Å². The summed E-state index contributed by atoms with van der Waals surface area (Å²) < 4.78 is 45.5. The fourth-order valence-electron chi connectivity index (χ4n) is 3.01. The molecule has 0 aliphatic heterocycles. The normalized spacial score (nSPS) is 11.1. The minimum atomic E-state index is -3.79. The van der Waals surface area contributed by atoms with Gasteiger partial charge in [-0.3, -0.25) is 4.90 Å². The quantitative estimate of drug-likeness (QED) is 0.417. The van der Waals surface area contributed by atoms with Crippen molar-refractivity contribution in [2.45, 2.75) is 11.3 Å². The summed E-state index contributed by atoms with van der Waals surface area (Å²) in [5, 5.41) is 3.28. The maximum atomic E-state index is 13.1. The first kappa shape index (κ1) is 24.5. The van der Waals surface area contributed by atoms with Crippen molar-refractivity contribution < 1.29 is 22.3 Å². The molecule has 0 radical (unpaired) electrons. The molecule has 0 bridgehead atoms. The minimum absolute atomic E-state index is 0.0328. The highest BCUT2D eigenvalue weighted by molar-refractivity contribution is 7.89. The number of halogens is 2. The van der Waals surface area contributed by atoms with Gasteiger partial charge in [0, 0.05) is 29.5 Å². The Morgan fingerprint density at radius 1 is 1.06 bits per heavy atom. The molecule has 10 heteroatoms. The number of amides is 2. The van der Waals surface area contributed by atoms with Crippen LogP contribution in [0.25, 0.3) is 0 Å². The molecule has 3 aromatic carbocycles. The van der Waals surface area contributed by atoms with Crippen LogP contribution in [0.2, 0.25) is 5.02 Å². The lowest BCUT2D eigenvalue weighted by atomic mass is 10.2. The number of hydrogen-bond acceptors (Lipinski definition) is 4. The maximum Gasteiger partial charge on any atom is 0.326 e. The van der Waals surface area contributed by atoms with Crippen LogP contribution in [0, 0.1) is 5.82 Å². The Kier molecular flexibility index (Phi) is 8.26. The third kappa shape index (κ3) is 6.92. The Labute approximate surface area is 197 Å². The molecule has 174 valence electrons. The van der Waals surface area contributed by atoms with E-state index in [1.807, 2.05) is 0 Å². The summed E-state index contributed by atoms with van der Waals surface area (Å²) in [6.07, 6.45) is 0.329. The van der Waals surface area contributed by atoms with Crippen LogP contribution in [0.1, 0.15) is 6.42 Å². The van der Waals surface area contributed by atoms with Crippen molar-refractivity contribution >= 4 is 39.0 Å². The first-order valence-corrected chi connectivity index (χ1v) is 11.9. The van der Waals surface area contributed by atoms with Crippen molar-refractivity contribution in [3.05, 3.63) is 83.6 Å². The van der Waals surface area contributed by atoms with E-state index in [0.717, 1.165) is 12.1 Å². The smallest absolute Gasteiger partial charge is 0.326 e. The van der Waals surface area contributed by atoms with E-state index in [9.17, 15) is 17.6 Å². The van der Waals surface area contributed by atoms with E-state index in [0.29, 0.717) is 28.6 Å². The van der Waals surface area contributed by atoms with Crippen molar-refractivity contribution in [1.29, 1.82) is 0 Å². The number of anilines is 2. The molecule has 2 amide bonds. The monoisotopic (exact) mass is 491 g/mol. The highest BCUT2D eigenvalue weighted by Crippen LogP contribution is 2.22. The fraction of sp³-hybridized carbons (Fsp3) is 0.174. The Morgan fingerprint density at radius 2 is 1.76 bits per heavy atom. The lowest BCUT2D eigenvalue weighted by Gasteiger charge is -2.23. The van der Waals surface area contributed by atoms with E-state index in [-0.39, 0.29) is 18.0 Å². The van der Waals surface area contributed by atoms with Gasteiger partial charge in [-0.05, 0) is 73.2 Å². The van der Waals surface area contributed by atoms with Gasteiger partial charge < -0.3 is 10.1 Å². The van der Waals surface area contributed by atoms with Crippen LogP contribution >= 0.6 is 11.6 Å². The molecule has 0 aliphatic carbocycles.